The quantitative estimate of drug-likeness (QED) is 0.840. The molecule has 0 bridgehead atoms. The van der Waals surface area contributed by atoms with Crippen molar-refractivity contribution in [2.45, 2.75) is 32.1 Å². The Kier molecular flexibility index (Phi) is 6.93. The molecule has 1 aliphatic carbocycles. The molecule has 28 heavy (non-hydrogen) atoms. The smallest absolute Gasteiger partial charge is 0.221 e. The molecule has 1 amide bonds. The van der Waals surface area contributed by atoms with Gasteiger partial charge in [-0.15, -0.1) is 12.4 Å². The lowest BCUT2D eigenvalue weighted by Crippen LogP contribution is -2.41. The third-order valence-corrected chi connectivity index (χ3v) is 5.98. The molecule has 4 heteroatoms. The summed E-state index contributed by atoms with van der Waals surface area (Å²) in [6, 6.07) is 17.6. The number of fused-ring (bicyclic) bond motifs is 2. The van der Waals surface area contributed by atoms with Crippen LogP contribution in [-0.4, -0.2) is 30.4 Å². The van der Waals surface area contributed by atoms with E-state index in [1.807, 2.05) is 0 Å². The van der Waals surface area contributed by atoms with Gasteiger partial charge >= 0.3 is 0 Å². The zero-order valence-electron chi connectivity index (χ0n) is 16.3. The van der Waals surface area contributed by atoms with Gasteiger partial charge in [0.15, 0.2) is 0 Å². The van der Waals surface area contributed by atoms with E-state index in [4.69, 9.17) is 5.73 Å². The largest absolute Gasteiger partial charge is 0.369 e. The molecule has 3 nitrogen and oxygen atoms in total. The molecule has 0 radical (unpaired) electrons. The number of rotatable bonds is 4. The van der Waals surface area contributed by atoms with Gasteiger partial charge in [0.25, 0.3) is 0 Å². The minimum absolute atomic E-state index is 0. The molecule has 4 rings (SSSR count). The van der Waals surface area contributed by atoms with Crippen molar-refractivity contribution in [3.8, 4) is 0 Å². The standard InChI is InChI=1S/C24H28N2O.ClH/c25-24(27)20-9-5-15-26(17-20)16-6-12-23-21-10-3-1-7-18(21)13-14-19-8-2-4-11-22(19)23;/h1-4,7-8,10-12,20H,5-6,9,13-17H2,(H2,25,27);1H/t20-;/m1./s1. The summed E-state index contributed by atoms with van der Waals surface area (Å²) < 4.78 is 0. The zero-order chi connectivity index (χ0) is 18.6. The summed E-state index contributed by atoms with van der Waals surface area (Å²) in [7, 11) is 0. The summed E-state index contributed by atoms with van der Waals surface area (Å²) in [6.45, 7) is 2.86. The number of aryl methyl sites for hydroxylation is 2. The minimum atomic E-state index is -0.148. The third kappa shape index (κ3) is 4.48. The molecule has 1 saturated heterocycles. The molecule has 1 fully saturated rings. The van der Waals surface area contributed by atoms with Crippen LogP contribution in [-0.2, 0) is 17.6 Å². The summed E-state index contributed by atoms with van der Waals surface area (Å²) in [5, 5.41) is 0. The number of piperidine rings is 1. The molecule has 2 aromatic rings. The van der Waals surface area contributed by atoms with E-state index < -0.39 is 0 Å². The van der Waals surface area contributed by atoms with E-state index in [2.05, 4.69) is 59.5 Å². The first kappa shape index (κ1) is 20.6. The number of amides is 1. The van der Waals surface area contributed by atoms with Crippen LogP contribution in [0.4, 0.5) is 0 Å². The number of likely N-dealkylation sites (tertiary alicyclic amines) is 1. The average molecular weight is 397 g/mol. The van der Waals surface area contributed by atoms with Gasteiger partial charge in [-0.1, -0.05) is 54.6 Å². The van der Waals surface area contributed by atoms with Crippen LogP contribution in [0.2, 0.25) is 0 Å². The second-order valence-electron chi connectivity index (χ2n) is 7.76. The Bertz CT molecular complexity index is 812. The molecule has 0 aromatic heterocycles. The van der Waals surface area contributed by atoms with Gasteiger partial charge in [0.05, 0.1) is 5.92 Å². The van der Waals surface area contributed by atoms with Crippen molar-refractivity contribution in [3.05, 3.63) is 76.9 Å². The fraction of sp³-hybridized carbons (Fsp3) is 0.375. The fourth-order valence-electron chi connectivity index (χ4n) is 4.52. The number of halogens is 1. The van der Waals surface area contributed by atoms with E-state index in [0.29, 0.717) is 0 Å². The van der Waals surface area contributed by atoms with Crippen LogP contribution >= 0.6 is 12.4 Å². The molecule has 148 valence electrons. The van der Waals surface area contributed by atoms with E-state index >= 15 is 0 Å². The minimum Gasteiger partial charge on any atom is -0.369 e. The maximum atomic E-state index is 11.5. The Balaban J connectivity index is 0.00000225. The van der Waals surface area contributed by atoms with Crippen LogP contribution in [0.1, 0.15) is 41.5 Å². The molecule has 2 aliphatic rings. The van der Waals surface area contributed by atoms with E-state index in [1.165, 1.54) is 27.8 Å². The van der Waals surface area contributed by atoms with Crippen molar-refractivity contribution >= 4 is 23.9 Å². The summed E-state index contributed by atoms with van der Waals surface area (Å²) in [4.78, 5) is 13.9. The second kappa shape index (κ2) is 9.40. The highest BCUT2D eigenvalue weighted by atomic mass is 35.5. The Morgan fingerprint density at radius 2 is 1.64 bits per heavy atom. The molecule has 0 saturated carbocycles. The third-order valence-electron chi connectivity index (χ3n) is 5.98. The Morgan fingerprint density at radius 3 is 2.25 bits per heavy atom. The highest BCUT2D eigenvalue weighted by Crippen LogP contribution is 2.33. The lowest BCUT2D eigenvalue weighted by atomic mass is 9.93. The van der Waals surface area contributed by atoms with Crippen molar-refractivity contribution in [2.75, 3.05) is 19.6 Å². The van der Waals surface area contributed by atoms with E-state index in [0.717, 1.165) is 51.7 Å². The summed E-state index contributed by atoms with van der Waals surface area (Å²) in [6.07, 6.45) is 7.58. The summed E-state index contributed by atoms with van der Waals surface area (Å²) >= 11 is 0. The van der Waals surface area contributed by atoms with Crippen LogP contribution < -0.4 is 5.73 Å². The Labute approximate surface area is 174 Å². The number of hydrogen-bond acceptors (Lipinski definition) is 2. The van der Waals surface area contributed by atoms with Gasteiger partial charge < -0.3 is 10.6 Å². The maximum absolute atomic E-state index is 11.5. The molecule has 1 heterocycles. The van der Waals surface area contributed by atoms with Crippen molar-refractivity contribution in [1.29, 1.82) is 0 Å². The predicted molar refractivity (Wildman–Crippen MR) is 118 cm³/mol. The zero-order valence-corrected chi connectivity index (χ0v) is 17.1. The predicted octanol–water partition coefficient (Wildman–Crippen LogP) is 4.23. The number of hydrogen-bond donors (Lipinski definition) is 1. The molecular formula is C24H29ClN2O. The van der Waals surface area contributed by atoms with Crippen LogP contribution in [0.3, 0.4) is 0 Å². The highest BCUT2D eigenvalue weighted by molar-refractivity contribution is 5.85. The van der Waals surface area contributed by atoms with Crippen molar-refractivity contribution in [3.63, 3.8) is 0 Å². The molecule has 1 atom stereocenters. The summed E-state index contributed by atoms with van der Waals surface area (Å²) in [5.41, 5.74) is 12.5. The van der Waals surface area contributed by atoms with Crippen molar-refractivity contribution < 1.29 is 4.79 Å². The number of nitrogens with two attached hydrogens (primary N) is 1. The van der Waals surface area contributed by atoms with Gasteiger partial charge in [0.1, 0.15) is 0 Å². The lowest BCUT2D eigenvalue weighted by molar-refractivity contribution is -0.123. The molecule has 0 spiro atoms. The monoisotopic (exact) mass is 396 g/mol. The van der Waals surface area contributed by atoms with Crippen molar-refractivity contribution in [2.24, 2.45) is 11.7 Å². The van der Waals surface area contributed by atoms with Crippen LogP contribution in [0, 0.1) is 5.92 Å². The first-order valence-electron chi connectivity index (χ1n) is 10.1. The van der Waals surface area contributed by atoms with Crippen LogP contribution in [0.5, 0.6) is 0 Å². The number of carbonyl (C=O) groups excluding carboxylic acids is 1. The maximum Gasteiger partial charge on any atom is 0.221 e. The molecular weight excluding hydrogens is 368 g/mol. The molecule has 1 aliphatic heterocycles. The lowest BCUT2D eigenvalue weighted by Gasteiger charge is -2.30. The van der Waals surface area contributed by atoms with E-state index in [9.17, 15) is 4.79 Å². The number of benzene rings is 2. The first-order valence-corrected chi connectivity index (χ1v) is 10.1. The number of nitrogens with zero attached hydrogens (tertiary/aromatic N) is 1. The average Bonchev–Trinajstić information content (AvgIpc) is 2.86. The Hall–Kier alpha value is -2.10. The highest BCUT2D eigenvalue weighted by Gasteiger charge is 2.23. The normalized spacial score (nSPS) is 19.0. The van der Waals surface area contributed by atoms with Gasteiger partial charge in [0.2, 0.25) is 5.91 Å². The topological polar surface area (TPSA) is 46.3 Å². The van der Waals surface area contributed by atoms with Gasteiger partial charge in [0, 0.05) is 13.1 Å². The molecule has 0 unspecified atom stereocenters. The molecule has 2 aromatic carbocycles. The van der Waals surface area contributed by atoms with Gasteiger partial charge in [-0.2, -0.15) is 0 Å². The van der Waals surface area contributed by atoms with E-state index in [-0.39, 0.29) is 24.2 Å². The molecule has 2 N–H and O–H groups in total. The van der Waals surface area contributed by atoms with Crippen LogP contribution in [0.15, 0.2) is 54.6 Å². The Morgan fingerprint density at radius 1 is 1.04 bits per heavy atom. The van der Waals surface area contributed by atoms with Gasteiger partial charge in [-0.05, 0) is 66.5 Å². The van der Waals surface area contributed by atoms with Crippen molar-refractivity contribution in [1.82, 2.24) is 4.90 Å². The fourth-order valence-corrected chi connectivity index (χ4v) is 4.52. The van der Waals surface area contributed by atoms with E-state index in [1.54, 1.807) is 0 Å². The summed E-state index contributed by atoms with van der Waals surface area (Å²) in [5.74, 6) is -0.129. The number of carbonyl (C=O) groups is 1. The second-order valence-corrected chi connectivity index (χ2v) is 7.76. The first-order chi connectivity index (χ1) is 13.2. The van der Waals surface area contributed by atoms with Gasteiger partial charge in [-0.3, -0.25) is 4.79 Å². The van der Waals surface area contributed by atoms with Gasteiger partial charge in [-0.25, -0.2) is 0 Å². The number of primary amides is 1. The van der Waals surface area contributed by atoms with Crippen LogP contribution in [0.25, 0.3) is 5.57 Å². The SMILES string of the molecule is Cl.NC(=O)[C@@H]1CCCN(CCC=C2c3ccccc3CCc3ccccc32)C1.